The second-order valence-electron chi connectivity index (χ2n) is 9.54. The molecule has 1 aromatic heterocycles. The zero-order valence-electron chi connectivity index (χ0n) is 20.8. The van der Waals surface area contributed by atoms with Crippen LogP contribution in [0.2, 0.25) is 0 Å². The summed E-state index contributed by atoms with van der Waals surface area (Å²) >= 11 is 0. The fourth-order valence-electron chi connectivity index (χ4n) is 5.64. The Balaban J connectivity index is 1.30. The minimum absolute atomic E-state index is 0.0953. The van der Waals surface area contributed by atoms with E-state index >= 15 is 0 Å². The van der Waals surface area contributed by atoms with E-state index in [9.17, 15) is 0 Å². The molecule has 1 atom stereocenters. The van der Waals surface area contributed by atoms with Crippen molar-refractivity contribution in [3.05, 3.63) is 144 Å². The lowest BCUT2D eigenvalue weighted by molar-refractivity contribution is 0.0671. The van der Waals surface area contributed by atoms with E-state index < -0.39 is 5.54 Å². The Kier molecular flexibility index (Phi) is 6.53. The van der Waals surface area contributed by atoms with Gasteiger partial charge in [-0.05, 0) is 53.5 Å². The van der Waals surface area contributed by atoms with Crippen LogP contribution in [0.4, 0.5) is 0 Å². The summed E-state index contributed by atoms with van der Waals surface area (Å²) in [7, 11) is 0. The number of unbranched alkanes of at least 4 members (excludes halogenated alkanes) is 1. The molecule has 0 amide bonds. The average molecular weight is 486 g/mol. The van der Waals surface area contributed by atoms with Gasteiger partial charge in [-0.1, -0.05) is 114 Å². The molecule has 5 nitrogen and oxygen atoms in total. The molecule has 0 radical (unpaired) electrons. The maximum atomic E-state index is 4.68. The van der Waals surface area contributed by atoms with Gasteiger partial charge in [0.1, 0.15) is 11.7 Å². The average Bonchev–Trinajstić information content (AvgIpc) is 3.61. The second-order valence-corrected chi connectivity index (χ2v) is 9.54. The van der Waals surface area contributed by atoms with Crippen LogP contribution in [0.5, 0.6) is 0 Å². The third-order valence-corrected chi connectivity index (χ3v) is 7.37. The quantitative estimate of drug-likeness (QED) is 0.176. The molecule has 5 aromatic rings. The molecule has 6 rings (SSSR count). The van der Waals surface area contributed by atoms with Gasteiger partial charge in [0.2, 0.25) is 0 Å². The molecule has 5 heteroatoms. The summed E-state index contributed by atoms with van der Waals surface area (Å²) < 4.78 is 2.35. The summed E-state index contributed by atoms with van der Waals surface area (Å²) in [6.45, 7) is 0.992. The lowest BCUT2D eigenvalue weighted by Crippen LogP contribution is -2.55. The molecule has 0 fully saturated rings. The molecule has 4 aromatic carbocycles. The van der Waals surface area contributed by atoms with Gasteiger partial charge in [0.15, 0.2) is 0 Å². The summed E-state index contributed by atoms with van der Waals surface area (Å²) in [6, 6.07) is 42.8. The number of fused-ring (bicyclic) bond motifs is 1. The van der Waals surface area contributed by atoms with E-state index in [1.807, 2.05) is 0 Å². The third kappa shape index (κ3) is 4.32. The number of aryl methyl sites for hydroxylation is 1. The van der Waals surface area contributed by atoms with Crippen molar-refractivity contribution in [3.63, 3.8) is 0 Å². The van der Waals surface area contributed by atoms with Crippen molar-refractivity contribution in [2.24, 2.45) is 10.3 Å². The maximum Gasteiger partial charge on any atom is 0.145 e. The minimum Gasteiger partial charge on any atom is -0.347 e. The van der Waals surface area contributed by atoms with Crippen molar-refractivity contribution < 1.29 is 0 Å². The lowest BCUT2D eigenvalue weighted by atomic mass is 9.76. The van der Waals surface area contributed by atoms with E-state index in [1.54, 1.807) is 0 Å². The molecule has 0 saturated carbocycles. The van der Waals surface area contributed by atoms with Crippen LogP contribution >= 0.6 is 0 Å². The molecular formula is C32H31N5. The van der Waals surface area contributed by atoms with Crippen molar-refractivity contribution in [2.75, 3.05) is 0 Å². The molecule has 1 aliphatic heterocycles. The van der Waals surface area contributed by atoms with E-state index in [0.717, 1.165) is 25.8 Å². The van der Waals surface area contributed by atoms with Gasteiger partial charge in [-0.3, -0.25) is 0 Å². The first kappa shape index (κ1) is 23.2. The number of para-hydroxylation sites is 1. The summed E-state index contributed by atoms with van der Waals surface area (Å²) in [5, 5.41) is 12.6. The van der Waals surface area contributed by atoms with Gasteiger partial charge in [0.05, 0.1) is 0 Å². The fourth-order valence-corrected chi connectivity index (χ4v) is 5.64. The third-order valence-electron chi connectivity index (χ3n) is 7.37. The van der Waals surface area contributed by atoms with Gasteiger partial charge < -0.3 is 4.57 Å². The van der Waals surface area contributed by atoms with Gasteiger partial charge in [-0.2, -0.15) is 5.01 Å². The highest BCUT2D eigenvalue weighted by Crippen LogP contribution is 2.44. The number of nitrogens with one attached hydrogen (secondary N) is 1. The Bertz CT molecular complexity index is 1360. The van der Waals surface area contributed by atoms with Crippen molar-refractivity contribution in [1.82, 2.24) is 15.1 Å². The molecular weight excluding hydrogens is 454 g/mol. The van der Waals surface area contributed by atoms with Crippen LogP contribution in [-0.2, 0) is 12.1 Å². The maximum absolute atomic E-state index is 4.68. The molecule has 0 aliphatic carbocycles. The van der Waals surface area contributed by atoms with E-state index in [4.69, 9.17) is 0 Å². The zero-order chi connectivity index (χ0) is 24.9. The van der Waals surface area contributed by atoms with Crippen molar-refractivity contribution >= 4 is 10.9 Å². The van der Waals surface area contributed by atoms with Crippen LogP contribution < -0.4 is 5.53 Å². The summed E-state index contributed by atoms with van der Waals surface area (Å²) in [6.07, 6.45) is 5.13. The van der Waals surface area contributed by atoms with Crippen LogP contribution in [0.1, 0.15) is 36.0 Å². The fraction of sp³-hybridized carbons (Fsp3) is 0.188. The van der Waals surface area contributed by atoms with Crippen molar-refractivity contribution in [2.45, 2.75) is 37.5 Å². The van der Waals surface area contributed by atoms with E-state index in [0.29, 0.717) is 0 Å². The van der Waals surface area contributed by atoms with Crippen LogP contribution in [-0.4, -0.2) is 15.7 Å². The highest BCUT2D eigenvalue weighted by atomic mass is 15.8. The molecule has 1 N–H and O–H groups in total. The van der Waals surface area contributed by atoms with Crippen LogP contribution in [0.25, 0.3) is 10.9 Å². The van der Waals surface area contributed by atoms with Crippen LogP contribution in [0, 0.1) is 0 Å². The van der Waals surface area contributed by atoms with Crippen molar-refractivity contribution in [3.8, 4) is 0 Å². The summed E-state index contributed by atoms with van der Waals surface area (Å²) in [4.78, 5) is 0. The van der Waals surface area contributed by atoms with E-state index in [2.05, 4.69) is 153 Å². The molecule has 2 heterocycles. The Morgan fingerprint density at radius 3 is 1.84 bits per heavy atom. The number of hydrazine groups is 1. The van der Waals surface area contributed by atoms with Gasteiger partial charge in [-0.15, -0.1) is 5.11 Å². The lowest BCUT2D eigenvalue weighted by Gasteiger charge is -2.44. The highest BCUT2D eigenvalue weighted by molar-refractivity contribution is 5.79. The van der Waals surface area contributed by atoms with Gasteiger partial charge in [-0.25, -0.2) is 5.53 Å². The summed E-state index contributed by atoms with van der Waals surface area (Å²) in [5.74, 6) is 0. The normalized spacial score (nSPS) is 15.7. The number of nitrogens with zero attached hydrogens (tertiary/aromatic N) is 4. The molecule has 1 aliphatic rings. The first-order valence-corrected chi connectivity index (χ1v) is 13.0. The smallest absolute Gasteiger partial charge is 0.145 e. The van der Waals surface area contributed by atoms with Gasteiger partial charge >= 0.3 is 0 Å². The predicted octanol–water partition coefficient (Wildman–Crippen LogP) is 7.32. The van der Waals surface area contributed by atoms with Crippen molar-refractivity contribution in [1.29, 1.82) is 0 Å². The van der Waals surface area contributed by atoms with E-state index in [1.165, 1.54) is 27.6 Å². The molecule has 37 heavy (non-hydrogen) atoms. The summed E-state index contributed by atoms with van der Waals surface area (Å²) in [5.41, 5.74) is 7.54. The van der Waals surface area contributed by atoms with Crippen LogP contribution in [0.3, 0.4) is 0 Å². The number of rotatable bonds is 9. The Morgan fingerprint density at radius 2 is 1.22 bits per heavy atom. The Morgan fingerprint density at radius 1 is 0.649 bits per heavy atom. The Hall–Kier alpha value is -4.22. The predicted molar refractivity (Wildman–Crippen MR) is 149 cm³/mol. The van der Waals surface area contributed by atoms with Crippen LogP contribution in [0.15, 0.2) is 138 Å². The Labute approximate surface area is 218 Å². The van der Waals surface area contributed by atoms with E-state index in [-0.39, 0.29) is 6.17 Å². The molecule has 0 bridgehead atoms. The zero-order valence-corrected chi connectivity index (χ0v) is 20.8. The van der Waals surface area contributed by atoms with Gasteiger partial charge in [0, 0.05) is 18.3 Å². The number of benzene rings is 4. The first-order chi connectivity index (χ1) is 18.4. The number of hydrogen-bond acceptors (Lipinski definition) is 4. The topological polar surface area (TPSA) is 44.9 Å². The standard InChI is InChI=1S/C32H31N5/c1-4-15-27(16-5-1)32(28-17-6-2-7-18-28,29-19-8-3-9-20-29)37-31(33-34-35-37)22-12-13-24-36-25-23-26-14-10-11-21-30(26)36/h1-11,14-21,23,25,31H,12-13,22,24H2,(H,33,35). The number of aromatic nitrogens is 1. The minimum atomic E-state index is -0.589. The monoisotopic (exact) mass is 485 g/mol. The molecule has 0 saturated heterocycles. The SMILES string of the molecule is c1ccc(C(c2ccccc2)(c2ccccc2)N2NN=NC2CCCCn2ccc3ccccc32)cc1. The molecule has 1 unspecified atom stereocenters. The number of hydrogen-bond donors (Lipinski definition) is 1. The first-order valence-electron chi connectivity index (χ1n) is 13.0. The second kappa shape index (κ2) is 10.4. The van der Waals surface area contributed by atoms with Gasteiger partial charge in [0.25, 0.3) is 0 Å². The molecule has 184 valence electrons. The largest absolute Gasteiger partial charge is 0.347 e. The highest BCUT2D eigenvalue weighted by Gasteiger charge is 2.47. The molecule has 0 spiro atoms.